The zero-order valence-electron chi connectivity index (χ0n) is 25.0. The Kier molecular flexibility index (Phi) is 8.11. The summed E-state index contributed by atoms with van der Waals surface area (Å²) in [6.07, 6.45) is -0.157. The molecule has 2 fully saturated rings. The van der Waals surface area contributed by atoms with Gasteiger partial charge in [0.2, 0.25) is 11.8 Å². The summed E-state index contributed by atoms with van der Waals surface area (Å²) >= 11 is 1.41. The van der Waals surface area contributed by atoms with Gasteiger partial charge in [0.05, 0.1) is 23.3 Å². The van der Waals surface area contributed by atoms with Crippen molar-refractivity contribution in [3.05, 3.63) is 89.5 Å². The van der Waals surface area contributed by atoms with E-state index in [-0.39, 0.29) is 30.9 Å². The molecule has 4 aromatic rings. The number of amides is 4. The van der Waals surface area contributed by atoms with Crippen molar-refractivity contribution in [3.63, 3.8) is 0 Å². The van der Waals surface area contributed by atoms with E-state index in [9.17, 15) is 14.4 Å². The lowest BCUT2D eigenvalue weighted by Crippen LogP contribution is -2.65. The highest BCUT2D eigenvalue weighted by molar-refractivity contribution is 7.22. The third kappa shape index (κ3) is 5.78. The molecule has 3 N–H and O–H groups in total. The van der Waals surface area contributed by atoms with Crippen LogP contribution in [0.25, 0.3) is 10.2 Å². The molecule has 3 heterocycles. The van der Waals surface area contributed by atoms with Crippen LogP contribution in [0.4, 0.5) is 15.6 Å². The molecule has 0 saturated carbocycles. The maximum atomic E-state index is 14.2. The van der Waals surface area contributed by atoms with Crippen LogP contribution < -0.4 is 16.0 Å². The van der Waals surface area contributed by atoms with Gasteiger partial charge in [-0.3, -0.25) is 14.6 Å². The Balaban J connectivity index is 1.28. The second kappa shape index (κ2) is 12.1. The van der Waals surface area contributed by atoms with Crippen molar-refractivity contribution >= 4 is 50.2 Å². The minimum absolute atomic E-state index is 0.00465. The maximum absolute atomic E-state index is 14.2. The number of hydrazine groups is 1. The minimum Gasteiger partial charge on any atom is -0.378 e. The van der Waals surface area contributed by atoms with Crippen LogP contribution in [-0.2, 0) is 29.1 Å². The number of thiazole rings is 1. The highest BCUT2D eigenvalue weighted by Gasteiger charge is 2.51. The smallest absolute Gasteiger partial charge is 0.332 e. The molecule has 3 aromatic carbocycles. The molecule has 1 aromatic heterocycles. The fourth-order valence-corrected chi connectivity index (χ4v) is 6.75. The number of hydrogen-bond donors (Lipinski definition) is 2. The number of carbonyl (C=O) groups is 3. The molecule has 2 atom stereocenters. The largest absolute Gasteiger partial charge is 0.378 e. The molecule has 4 amide bonds. The van der Waals surface area contributed by atoms with E-state index in [4.69, 9.17) is 5.73 Å². The van der Waals surface area contributed by atoms with E-state index in [0.717, 1.165) is 32.6 Å². The first-order valence-corrected chi connectivity index (χ1v) is 15.3. The third-order valence-corrected chi connectivity index (χ3v) is 9.14. The summed E-state index contributed by atoms with van der Waals surface area (Å²) in [5, 5.41) is 6.63. The lowest BCUT2D eigenvalue weighted by molar-refractivity contribution is -0.157. The van der Waals surface area contributed by atoms with Gasteiger partial charge in [-0.15, -0.1) is 0 Å². The van der Waals surface area contributed by atoms with E-state index < -0.39 is 12.2 Å². The van der Waals surface area contributed by atoms with Crippen LogP contribution in [-0.4, -0.2) is 89.1 Å². The molecular weight excluding hydrogens is 576 g/mol. The molecule has 2 aliphatic heterocycles. The normalized spacial score (nSPS) is 18.5. The molecule has 2 aliphatic rings. The van der Waals surface area contributed by atoms with Crippen molar-refractivity contribution in [2.75, 3.05) is 44.9 Å². The number of rotatable bonds is 8. The molecule has 6 rings (SSSR count). The number of fused-ring (bicyclic) bond motifs is 2. The van der Waals surface area contributed by atoms with E-state index >= 15 is 0 Å². The van der Waals surface area contributed by atoms with Gasteiger partial charge < -0.3 is 25.8 Å². The molecule has 0 bridgehead atoms. The van der Waals surface area contributed by atoms with Crippen LogP contribution >= 0.6 is 11.3 Å². The Hall–Kier alpha value is -4.68. The Morgan fingerprint density at radius 2 is 1.75 bits per heavy atom. The Morgan fingerprint density at radius 1 is 1.00 bits per heavy atom. The number of aromatic nitrogens is 1. The minimum atomic E-state index is -0.725. The molecule has 12 heteroatoms. The van der Waals surface area contributed by atoms with Crippen molar-refractivity contribution in [2.45, 2.75) is 31.7 Å². The first kappa shape index (κ1) is 29.4. The molecule has 0 radical (unpaired) electrons. The van der Waals surface area contributed by atoms with Crippen molar-refractivity contribution in [1.82, 2.24) is 30.1 Å². The van der Waals surface area contributed by atoms with E-state index in [1.807, 2.05) is 91.8 Å². The second-order valence-electron chi connectivity index (χ2n) is 11.4. The number of carbonyl (C=O) groups excluding carboxylic acids is 3. The van der Waals surface area contributed by atoms with Gasteiger partial charge in [0, 0.05) is 46.3 Å². The van der Waals surface area contributed by atoms with Gasteiger partial charge in [-0.1, -0.05) is 65.9 Å². The van der Waals surface area contributed by atoms with Crippen molar-refractivity contribution in [2.24, 2.45) is 0 Å². The number of para-hydroxylation sites is 1. The molecule has 2 saturated heterocycles. The summed E-state index contributed by atoms with van der Waals surface area (Å²) < 4.78 is 0.955. The van der Waals surface area contributed by atoms with Crippen LogP contribution in [0.5, 0.6) is 0 Å². The molecule has 0 spiro atoms. The average molecular weight is 613 g/mol. The van der Waals surface area contributed by atoms with E-state index in [0.29, 0.717) is 24.6 Å². The summed E-state index contributed by atoms with van der Waals surface area (Å²) in [6, 6.07) is 22.5. The summed E-state index contributed by atoms with van der Waals surface area (Å²) in [4.78, 5) is 51.0. The van der Waals surface area contributed by atoms with Gasteiger partial charge in [-0.2, -0.15) is 5.01 Å². The predicted octanol–water partition coefficient (Wildman–Crippen LogP) is 3.12. The van der Waals surface area contributed by atoms with Crippen molar-refractivity contribution in [1.29, 1.82) is 0 Å². The number of urea groups is 1. The molecule has 0 unspecified atom stereocenters. The van der Waals surface area contributed by atoms with E-state index in [2.05, 4.69) is 10.3 Å². The van der Waals surface area contributed by atoms with Crippen molar-refractivity contribution < 1.29 is 14.4 Å². The quantitative estimate of drug-likeness (QED) is 0.314. The first-order valence-electron chi connectivity index (χ1n) is 14.5. The number of nitrogen functional groups attached to an aromatic ring is 1. The average Bonchev–Trinajstić information content (AvgIpc) is 3.57. The number of anilines is 2. The number of piperazine rings is 1. The monoisotopic (exact) mass is 612 g/mol. The molecular formula is C32H36N8O3S. The van der Waals surface area contributed by atoms with Crippen LogP contribution in [0, 0.1) is 0 Å². The Morgan fingerprint density at radius 3 is 2.48 bits per heavy atom. The summed E-state index contributed by atoms with van der Waals surface area (Å²) in [5.74, 6) is -0.320. The first-order chi connectivity index (χ1) is 21.2. The lowest BCUT2D eigenvalue weighted by atomic mass is 9.99. The van der Waals surface area contributed by atoms with Crippen LogP contribution in [0.1, 0.15) is 16.7 Å². The number of benzene rings is 3. The zero-order chi connectivity index (χ0) is 31.0. The van der Waals surface area contributed by atoms with Crippen molar-refractivity contribution in [3.8, 4) is 0 Å². The SMILES string of the molecule is CN(C)c1ccc(C[C@H]2C(=O)N(Cc3cccc4sc(N)nc34)C[C@H]3N2C(=O)CN3N(C)C(=O)NCc2ccccc2)cc1. The number of nitrogens with two attached hydrogens (primary N) is 1. The summed E-state index contributed by atoms with van der Waals surface area (Å²) in [6.45, 7) is 0.908. The summed E-state index contributed by atoms with van der Waals surface area (Å²) in [5.41, 5.74) is 10.6. The van der Waals surface area contributed by atoms with Gasteiger partial charge in [-0.25, -0.2) is 9.78 Å². The van der Waals surface area contributed by atoms with Gasteiger partial charge in [0.25, 0.3) is 0 Å². The molecule has 11 nitrogen and oxygen atoms in total. The topological polar surface area (TPSA) is 118 Å². The molecule has 0 aliphatic carbocycles. The predicted molar refractivity (Wildman–Crippen MR) is 171 cm³/mol. The van der Waals surface area contributed by atoms with E-state index in [1.165, 1.54) is 16.3 Å². The Bertz CT molecular complexity index is 1680. The van der Waals surface area contributed by atoms with Gasteiger partial charge in [0.15, 0.2) is 5.13 Å². The van der Waals surface area contributed by atoms with E-state index in [1.54, 1.807) is 21.9 Å². The molecule has 44 heavy (non-hydrogen) atoms. The van der Waals surface area contributed by atoms with Gasteiger partial charge in [0.1, 0.15) is 12.2 Å². The highest BCUT2D eigenvalue weighted by Crippen LogP contribution is 2.32. The number of nitrogens with one attached hydrogen (secondary N) is 1. The van der Waals surface area contributed by atoms with Crippen LogP contribution in [0.3, 0.4) is 0 Å². The van der Waals surface area contributed by atoms with Gasteiger partial charge >= 0.3 is 6.03 Å². The van der Waals surface area contributed by atoms with Crippen LogP contribution in [0.2, 0.25) is 0 Å². The molecule has 228 valence electrons. The third-order valence-electron chi connectivity index (χ3n) is 8.29. The standard InChI is InChI=1S/C32H36N8O3S/c1-36(2)24-14-12-21(13-15-24)16-25-30(42)38(18-23-10-7-11-26-29(23)35-31(33)44-26)19-27-39(20-28(41)40(25)27)37(3)32(43)34-17-22-8-5-4-6-9-22/h4-15,25,27H,16-20H2,1-3H3,(H2,33,35)(H,34,43)/t25-,27+/m0/s1. The lowest BCUT2D eigenvalue weighted by Gasteiger charge is -2.45. The Labute approximate surface area is 260 Å². The number of hydrogen-bond acceptors (Lipinski definition) is 8. The zero-order valence-corrected chi connectivity index (χ0v) is 25.8. The maximum Gasteiger partial charge on any atom is 0.332 e. The van der Waals surface area contributed by atoms with Crippen LogP contribution in [0.15, 0.2) is 72.8 Å². The fraction of sp³-hybridized carbons (Fsp3) is 0.312. The fourth-order valence-electron chi connectivity index (χ4n) is 5.96. The highest BCUT2D eigenvalue weighted by atomic mass is 32.1. The van der Waals surface area contributed by atoms with Gasteiger partial charge in [-0.05, 0) is 34.9 Å². The second-order valence-corrected chi connectivity index (χ2v) is 12.4. The summed E-state index contributed by atoms with van der Waals surface area (Å²) in [7, 11) is 5.61. The number of nitrogens with zero attached hydrogens (tertiary/aromatic N) is 6.